The zero-order valence-electron chi connectivity index (χ0n) is 21.3. The van der Waals surface area contributed by atoms with Gasteiger partial charge in [-0.15, -0.1) is 0 Å². The molecule has 10 heteroatoms. The van der Waals surface area contributed by atoms with E-state index in [1.165, 1.54) is 4.79 Å². The van der Waals surface area contributed by atoms with Gasteiger partial charge in [-0.1, -0.05) is 50.4 Å². The highest BCUT2D eigenvalue weighted by Gasteiger charge is 2.32. The Morgan fingerprint density at radius 2 is 1.89 bits per heavy atom. The fraction of sp³-hybridized carbons (Fsp3) is 0.370. The molecule has 0 aliphatic carbocycles. The smallest absolute Gasteiger partial charge is 0.293 e. The Kier molecular flexibility index (Phi) is 9.91. The average molecular weight is 510 g/mol. The average Bonchev–Trinajstić information content (AvgIpc) is 2.90. The molecule has 0 saturated heterocycles. The standard InChI is InChI=1S/C27H35N5O5/c1-4-15-36-16-13-29-24(34)11-12-25(35)30-18-20-9-7-8-10-22(20)26-27(21(5-2)23(30)6-3)32(28)31(26)14-17-37-19-33/h5-10,19H,2-4,11-18,28H2,1H3,(H,29,34)/b23-21-. The van der Waals surface area contributed by atoms with Gasteiger partial charge in [0, 0.05) is 37.1 Å². The lowest BCUT2D eigenvalue weighted by Crippen LogP contribution is -2.39. The van der Waals surface area contributed by atoms with E-state index in [1.54, 1.807) is 17.1 Å². The zero-order chi connectivity index (χ0) is 26.8. The van der Waals surface area contributed by atoms with E-state index in [9.17, 15) is 14.4 Å². The molecule has 0 saturated carbocycles. The number of nitrogens with zero attached hydrogens (tertiary/aromatic N) is 3. The number of nitrogen functional groups attached to an aromatic ring is 1. The van der Waals surface area contributed by atoms with Gasteiger partial charge in [0.2, 0.25) is 11.8 Å². The fourth-order valence-electron chi connectivity index (χ4n) is 4.35. The van der Waals surface area contributed by atoms with Crippen LogP contribution in [0.25, 0.3) is 16.8 Å². The van der Waals surface area contributed by atoms with E-state index in [2.05, 4.69) is 18.5 Å². The van der Waals surface area contributed by atoms with E-state index in [-0.39, 0.29) is 37.8 Å². The molecule has 1 aromatic heterocycles. The summed E-state index contributed by atoms with van der Waals surface area (Å²) in [6.45, 7) is 12.6. The van der Waals surface area contributed by atoms with Crippen LogP contribution in [0.5, 0.6) is 0 Å². The van der Waals surface area contributed by atoms with E-state index < -0.39 is 0 Å². The predicted octanol–water partition coefficient (Wildman–Crippen LogP) is 2.59. The molecular weight excluding hydrogens is 474 g/mol. The summed E-state index contributed by atoms with van der Waals surface area (Å²) in [5.74, 6) is 5.96. The first-order valence-electron chi connectivity index (χ1n) is 12.3. The van der Waals surface area contributed by atoms with Gasteiger partial charge >= 0.3 is 0 Å². The first kappa shape index (κ1) is 27.5. The van der Waals surface area contributed by atoms with Crippen LogP contribution in [-0.4, -0.2) is 59.0 Å². The van der Waals surface area contributed by atoms with Gasteiger partial charge in [0.25, 0.3) is 6.47 Å². The molecule has 0 atom stereocenters. The Bertz CT molecular complexity index is 1180. The highest BCUT2D eigenvalue weighted by Crippen LogP contribution is 2.39. The van der Waals surface area contributed by atoms with E-state index in [0.29, 0.717) is 49.7 Å². The molecule has 3 rings (SSSR count). The maximum absolute atomic E-state index is 13.4. The second-order valence-electron chi connectivity index (χ2n) is 8.44. The third-order valence-electron chi connectivity index (χ3n) is 6.06. The molecule has 37 heavy (non-hydrogen) atoms. The molecule has 10 nitrogen and oxygen atoms in total. The molecule has 1 aliphatic rings. The normalized spacial score (nSPS) is 14.7. The summed E-state index contributed by atoms with van der Waals surface area (Å²) in [5, 5.41) is 2.79. The molecule has 0 fully saturated rings. The van der Waals surface area contributed by atoms with Crippen LogP contribution in [-0.2, 0) is 36.9 Å². The summed E-state index contributed by atoms with van der Waals surface area (Å²) in [5.41, 5.74) is 4.51. The van der Waals surface area contributed by atoms with Gasteiger partial charge in [0.05, 0.1) is 31.1 Å². The molecule has 2 aromatic rings. The molecule has 0 spiro atoms. The SMILES string of the molecule is C=C/C1=C(\C=C)N(C(=O)CCC(=O)NCCOCCC)Cc2ccccc2-c2c1n(N)n2CCOC=O. The number of fused-ring (bicyclic) bond motifs is 3. The molecule has 0 unspecified atom stereocenters. The van der Waals surface area contributed by atoms with Crippen molar-refractivity contribution in [2.24, 2.45) is 0 Å². The van der Waals surface area contributed by atoms with Crippen LogP contribution in [0, 0.1) is 0 Å². The number of carbonyl (C=O) groups is 3. The molecule has 1 aliphatic heterocycles. The van der Waals surface area contributed by atoms with Gasteiger partial charge < -0.3 is 25.5 Å². The molecule has 2 heterocycles. The number of nitrogens with one attached hydrogen (secondary N) is 1. The van der Waals surface area contributed by atoms with Crippen LogP contribution >= 0.6 is 0 Å². The quantitative estimate of drug-likeness (QED) is 0.229. The lowest BCUT2D eigenvalue weighted by molar-refractivity contribution is -0.132. The summed E-state index contributed by atoms with van der Waals surface area (Å²) in [7, 11) is 0. The summed E-state index contributed by atoms with van der Waals surface area (Å²) in [6.07, 6.45) is 4.24. The van der Waals surface area contributed by atoms with Crippen molar-refractivity contribution in [2.75, 3.05) is 32.2 Å². The Labute approximate surface area is 216 Å². The topological polar surface area (TPSA) is 121 Å². The minimum absolute atomic E-state index is 0.0268. The van der Waals surface area contributed by atoms with Crippen molar-refractivity contribution in [1.29, 1.82) is 0 Å². The maximum Gasteiger partial charge on any atom is 0.293 e. The molecule has 0 bridgehead atoms. The third-order valence-corrected chi connectivity index (χ3v) is 6.06. The Morgan fingerprint density at radius 1 is 1.11 bits per heavy atom. The van der Waals surface area contributed by atoms with Crippen LogP contribution in [0.4, 0.5) is 0 Å². The molecule has 1 aromatic carbocycles. The predicted molar refractivity (Wildman–Crippen MR) is 141 cm³/mol. The number of aromatic nitrogens is 2. The van der Waals surface area contributed by atoms with Gasteiger partial charge in [0.1, 0.15) is 12.3 Å². The zero-order valence-corrected chi connectivity index (χ0v) is 21.3. The summed E-state index contributed by atoms with van der Waals surface area (Å²) < 4.78 is 12.1. The van der Waals surface area contributed by atoms with Crippen molar-refractivity contribution >= 4 is 23.9 Å². The number of amides is 2. The van der Waals surface area contributed by atoms with Gasteiger partial charge in [-0.05, 0) is 18.1 Å². The maximum atomic E-state index is 13.4. The van der Waals surface area contributed by atoms with E-state index >= 15 is 0 Å². The Hall–Kier alpha value is -4.05. The van der Waals surface area contributed by atoms with Crippen molar-refractivity contribution in [3.63, 3.8) is 0 Å². The minimum Gasteiger partial charge on any atom is -0.466 e. The highest BCUT2D eigenvalue weighted by atomic mass is 16.5. The Morgan fingerprint density at radius 3 is 2.59 bits per heavy atom. The lowest BCUT2D eigenvalue weighted by Gasteiger charge is -2.36. The van der Waals surface area contributed by atoms with Crippen LogP contribution in [0.1, 0.15) is 37.4 Å². The van der Waals surface area contributed by atoms with E-state index in [0.717, 1.165) is 23.2 Å². The number of allylic oxidation sites excluding steroid dienone is 3. The number of nitrogens with two attached hydrogens (primary N) is 1. The van der Waals surface area contributed by atoms with Crippen molar-refractivity contribution in [3.05, 3.63) is 66.5 Å². The molecule has 198 valence electrons. The number of rotatable bonds is 14. The largest absolute Gasteiger partial charge is 0.466 e. The Balaban J connectivity index is 1.89. The number of benzene rings is 1. The van der Waals surface area contributed by atoms with Crippen molar-refractivity contribution in [1.82, 2.24) is 19.7 Å². The fourth-order valence-corrected chi connectivity index (χ4v) is 4.35. The summed E-state index contributed by atoms with van der Waals surface area (Å²) in [4.78, 5) is 39.4. The van der Waals surface area contributed by atoms with Gasteiger partial charge in [-0.3, -0.25) is 19.1 Å². The second kappa shape index (κ2) is 13.3. The van der Waals surface area contributed by atoms with Crippen molar-refractivity contribution < 1.29 is 23.9 Å². The molecule has 2 amide bonds. The third kappa shape index (κ3) is 6.21. The highest BCUT2D eigenvalue weighted by molar-refractivity contribution is 5.92. The molecule has 3 N–H and O–H groups in total. The summed E-state index contributed by atoms with van der Waals surface area (Å²) in [6, 6.07) is 7.72. The second-order valence-corrected chi connectivity index (χ2v) is 8.44. The lowest BCUT2D eigenvalue weighted by atomic mass is 9.93. The monoisotopic (exact) mass is 509 g/mol. The first-order chi connectivity index (χ1) is 18.0. The minimum atomic E-state index is -0.218. The van der Waals surface area contributed by atoms with Crippen molar-refractivity contribution in [3.8, 4) is 11.3 Å². The van der Waals surface area contributed by atoms with Crippen LogP contribution in [0.3, 0.4) is 0 Å². The number of carbonyl (C=O) groups excluding carboxylic acids is 3. The number of hydrogen-bond donors (Lipinski definition) is 2. The number of ether oxygens (including phenoxy) is 2. The summed E-state index contributed by atoms with van der Waals surface area (Å²) >= 11 is 0. The molecule has 0 radical (unpaired) electrons. The van der Waals surface area contributed by atoms with Gasteiger partial charge in [0.15, 0.2) is 0 Å². The van der Waals surface area contributed by atoms with E-state index in [4.69, 9.17) is 15.3 Å². The van der Waals surface area contributed by atoms with Crippen molar-refractivity contribution in [2.45, 2.75) is 39.3 Å². The molecular formula is C27H35N5O5. The van der Waals surface area contributed by atoms with Crippen LogP contribution in [0.15, 0.2) is 55.3 Å². The first-order valence-corrected chi connectivity index (χ1v) is 12.3. The van der Waals surface area contributed by atoms with E-state index in [1.807, 2.05) is 35.9 Å². The van der Waals surface area contributed by atoms with Crippen LogP contribution < -0.4 is 11.2 Å². The van der Waals surface area contributed by atoms with Gasteiger partial charge in [-0.2, -0.15) is 4.79 Å². The van der Waals surface area contributed by atoms with Crippen LogP contribution in [0.2, 0.25) is 0 Å². The number of hydrogen-bond acceptors (Lipinski definition) is 6. The van der Waals surface area contributed by atoms with Gasteiger partial charge in [-0.25, -0.2) is 0 Å².